The minimum absolute atomic E-state index is 0. The van der Waals surface area contributed by atoms with Crippen molar-refractivity contribution < 1.29 is 9.13 Å². The Hall–Kier alpha value is -0.800. The highest BCUT2D eigenvalue weighted by Gasteiger charge is 2.16. The summed E-state index contributed by atoms with van der Waals surface area (Å²) in [5.74, 6) is 0.171. The third-order valence-corrected chi connectivity index (χ3v) is 2.03. The maximum absolute atomic E-state index is 13.2. The largest absolute Gasteiger partial charge is 0.496 e. The molecule has 0 aliphatic carbocycles. The molecule has 1 aromatic carbocycles. The molecule has 2 nitrogen and oxygen atoms in total. The van der Waals surface area contributed by atoms with E-state index in [-0.39, 0.29) is 18.2 Å². The lowest BCUT2D eigenvalue weighted by molar-refractivity contribution is 0.409. The van der Waals surface area contributed by atoms with Crippen LogP contribution in [0.15, 0.2) is 6.07 Å². The third kappa shape index (κ3) is 1.76. The van der Waals surface area contributed by atoms with E-state index in [2.05, 4.69) is 11.4 Å². The van der Waals surface area contributed by atoms with Crippen LogP contribution in [-0.4, -0.2) is 7.11 Å². The van der Waals surface area contributed by atoms with Gasteiger partial charge in [-0.25, -0.2) is 4.39 Å². The van der Waals surface area contributed by atoms with E-state index < -0.39 is 0 Å². The van der Waals surface area contributed by atoms with Crippen molar-refractivity contribution in [2.24, 2.45) is 0 Å². The molecule has 0 amide bonds. The van der Waals surface area contributed by atoms with E-state index in [1.54, 1.807) is 0 Å². The van der Waals surface area contributed by atoms with E-state index in [1.807, 2.05) is 6.07 Å². The van der Waals surface area contributed by atoms with Gasteiger partial charge in [0.25, 0.3) is 0 Å². The fourth-order valence-corrected chi connectivity index (χ4v) is 1.39. The second kappa shape index (κ2) is 3.94. The molecule has 0 aromatic heterocycles. The number of benzene rings is 1. The number of halogens is 2. The molecule has 4 heteroatoms. The van der Waals surface area contributed by atoms with Crippen LogP contribution in [0.25, 0.3) is 0 Å². The Kier molecular flexibility index (Phi) is 3.12. The molecule has 1 N–H and O–H groups in total. The summed E-state index contributed by atoms with van der Waals surface area (Å²) >= 11 is 0. The normalized spacial score (nSPS) is 13.4. The summed E-state index contributed by atoms with van der Waals surface area (Å²) in [4.78, 5) is 0. The van der Waals surface area contributed by atoms with Crippen LogP contribution >= 0.6 is 12.4 Å². The zero-order chi connectivity index (χ0) is 8.55. The first-order valence-corrected chi connectivity index (χ1v) is 3.79. The number of fused-ring (bicyclic) bond motifs is 1. The SMILES string of the molecule is COc1[c]c(F)c2c(c1)CNC2.Cl. The number of nitrogens with one attached hydrogen (secondary N) is 1. The van der Waals surface area contributed by atoms with Gasteiger partial charge in [-0.1, -0.05) is 0 Å². The Morgan fingerprint density at radius 3 is 3.00 bits per heavy atom. The van der Waals surface area contributed by atoms with Gasteiger partial charge >= 0.3 is 0 Å². The zero-order valence-corrected chi connectivity index (χ0v) is 8.00. The number of ether oxygens (including phenoxy) is 1. The van der Waals surface area contributed by atoms with Crippen LogP contribution in [0.4, 0.5) is 4.39 Å². The highest BCUT2D eigenvalue weighted by molar-refractivity contribution is 5.85. The number of rotatable bonds is 1. The summed E-state index contributed by atoms with van der Waals surface area (Å²) < 4.78 is 18.1. The molecule has 0 spiro atoms. The van der Waals surface area contributed by atoms with Crippen molar-refractivity contribution in [3.63, 3.8) is 0 Å². The fourth-order valence-electron chi connectivity index (χ4n) is 1.39. The lowest BCUT2D eigenvalue weighted by Crippen LogP contribution is -2.00. The molecule has 71 valence electrons. The predicted octanol–water partition coefficient (Wildman–Crippen LogP) is 1.66. The van der Waals surface area contributed by atoms with Gasteiger partial charge in [-0.2, -0.15) is 0 Å². The van der Waals surface area contributed by atoms with E-state index in [9.17, 15) is 4.39 Å². The standard InChI is InChI=1S/C9H9FNO.ClH/c1-12-7-2-6-4-11-5-8(6)9(10)3-7;/h2,11H,4-5H2,1H3;1H. The van der Waals surface area contributed by atoms with Gasteiger partial charge < -0.3 is 10.1 Å². The van der Waals surface area contributed by atoms with Crippen LogP contribution in [0.2, 0.25) is 0 Å². The van der Waals surface area contributed by atoms with Gasteiger partial charge in [0.15, 0.2) is 0 Å². The van der Waals surface area contributed by atoms with E-state index >= 15 is 0 Å². The van der Waals surface area contributed by atoms with Crippen LogP contribution in [-0.2, 0) is 13.1 Å². The molecule has 0 fully saturated rings. The van der Waals surface area contributed by atoms with Gasteiger partial charge in [-0.15, -0.1) is 12.4 Å². The Morgan fingerprint density at radius 2 is 2.31 bits per heavy atom. The Morgan fingerprint density at radius 1 is 1.54 bits per heavy atom. The van der Waals surface area contributed by atoms with Crippen molar-refractivity contribution in [1.82, 2.24) is 5.32 Å². The van der Waals surface area contributed by atoms with E-state index in [4.69, 9.17) is 4.74 Å². The van der Waals surface area contributed by atoms with Gasteiger partial charge in [0.1, 0.15) is 11.6 Å². The lowest BCUT2D eigenvalue weighted by Gasteiger charge is -2.03. The molecular weight excluding hydrogens is 193 g/mol. The summed E-state index contributed by atoms with van der Waals surface area (Å²) in [6, 6.07) is 4.35. The van der Waals surface area contributed by atoms with Crippen LogP contribution in [0, 0.1) is 11.9 Å². The Labute approximate surface area is 82.5 Å². The Bertz CT molecular complexity index is 317. The molecule has 0 atom stereocenters. The molecule has 0 unspecified atom stereocenters. The molecule has 0 saturated heterocycles. The molecule has 1 aliphatic heterocycles. The van der Waals surface area contributed by atoms with Crippen molar-refractivity contribution in [3.05, 3.63) is 29.1 Å². The second-order valence-electron chi connectivity index (χ2n) is 2.76. The number of hydrogen-bond acceptors (Lipinski definition) is 2. The van der Waals surface area contributed by atoms with E-state index in [0.717, 1.165) is 17.7 Å². The quantitative estimate of drug-likeness (QED) is 0.748. The van der Waals surface area contributed by atoms with E-state index in [0.29, 0.717) is 12.3 Å². The average Bonchev–Trinajstić information content (AvgIpc) is 2.52. The summed E-state index contributed by atoms with van der Waals surface area (Å²) in [6.07, 6.45) is 0. The molecule has 0 saturated carbocycles. The van der Waals surface area contributed by atoms with E-state index in [1.165, 1.54) is 7.11 Å². The van der Waals surface area contributed by atoms with Gasteiger partial charge in [0.05, 0.1) is 13.2 Å². The number of methoxy groups -OCH3 is 1. The zero-order valence-electron chi connectivity index (χ0n) is 7.19. The van der Waals surface area contributed by atoms with Crippen molar-refractivity contribution >= 4 is 12.4 Å². The van der Waals surface area contributed by atoms with Crippen molar-refractivity contribution in [2.75, 3.05) is 7.11 Å². The molecule has 13 heavy (non-hydrogen) atoms. The van der Waals surface area contributed by atoms with Gasteiger partial charge in [0.2, 0.25) is 0 Å². The van der Waals surface area contributed by atoms with Crippen LogP contribution in [0.5, 0.6) is 5.75 Å². The molecule has 1 radical (unpaired) electrons. The van der Waals surface area contributed by atoms with Crippen molar-refractivity contribution in [2.45, 2.75) is 13.1 Å². The first kappa shape index (κ1) is 10.3. The third-order valence-electron chi connectivity index (χ3n) is 2.03. The maximum atomic E-state index is 13.2. The van der Waals surface area contributed by atoms with Crippen LogP contribution in [0.3, 0.4) is 0 Å². The highest BCUT2D eigenvalue weighted by atomic mass is 35.5. The second-order valence-corrected chi connectivity index (χ2v) is 2.76. The summed E-state index contributed by atoms with van der Waals surface area (Å²) in [5, 5.41) is 3.06. The van der Waals surface area contributed by atoms with Gasteiger partial charge in [-0.05, 0) is 11.6 Å². The predicted molar refractivity (Wildman–Crippen MR) is 49.6 cm³/mol. The molecule has 0 bridgehead atoms. The van der Waals surface area contributed by atoms with Crippen molar-refractivity contribution in [3.8, 4) is 5.75 Å². The monoisotopic (exact) mass is 202 g/mol. The van der Waals surface area contributed by atoms with Gasteiger partial charge in [0, 0.05) is 18.7 Å². The molecular formula is C9H10ClFNO. The molecule has 1 aromatic rings. The first-order chi connectivity index (χ1) is 5.81. The Balaban J connectivity index is 0.000000845. The van der Waals surface area contributed by atoms with Crippen LogP contribution in [0.1, 0.15) is 11.1 Å². The minimum Gasteiger partial charge on any atom is -0.496 e. The maximum Gasteiger partial charge on any atom is 0.139 e. The minimum atomic E-state index is -0.297. The topological polar surface area (TPSA) is 21.3 Å². The van der Waals surface area contributed by atoms with Gasteiger partial charge in [-0.3, -0.25) is 0 Å². The van der Waals surface area contributed by atoms with Crippen LogP contribution < -0.4 is 10.1 Å². The highest BCUT2D eigenvalue weighted by Crippen LogP contribution is 2.23. The molecule has 2 rings (SSSR count). The first-order valence-electron chi connectivity index (χ1n) is 3.79. The average molecular weight is 203 g/mol. The lowest BCUT2D eigenvalue weighted by atomic mass is 10.1. The summed E-state index contributed by atoms with van der Waals surface area (Å²) in [5.41, 5.74) is 1.69. The fraction of sp³-hybridized carbons (Fsp3) is 0.333. The summed E-state index contributed by atoms with van der Waals surface area (Å²) in [6.45, 7) is 1.32. The summed E-state index contributed by atoms with van der Waals surface area (Å²) in [7, 11) is 1.51. The van der Waals surface area contributed by atoms with Crippen molar-refractivity contribution in [1.29, 1.82) is 0 Å². The molecule has 1 aliphatic rings. The molecule has 1 heterocycles. The number of hydrogen-bond donors (Lipinski definition) is 1. The smallest absolute Gasteiger partial charge is 0.139 e.